The van der Waals surface area contributed by atoms with Crippen LogP contribution in [0.3, 0.4) is 0 Å². The van der Waals surface area contributed by atoms with Gasteiger partial charge < -0.3 is 4.74 Å². The van der Waals surface area contributed by atoms with Crippen LogP contribution in [0.4, 0.5) is 0 Å². The van der Waals surface area contributed by atoms with Crippen LogP contribution < -0.4 is 0 Å². The Labute approximate surface area is 91.0 Å². The average molecular weight is 206 g/mol. The number of allylic oxidation sites excluding steroid dienone is 3. The molecule has 2 nitrogen and oxygen atoms in total. The van der Waals surface area contributed by atoms with Gasteiger partial charge in [0.1, 0.15) is 5.76 Å². The summed E-state index contributed by atoms with van der Waals surface area (Å²) in [6.07, 6.45) is 13.7. The maximum Gasteiger partial charge on any atom is 0.314 e. The van der Waals surface area contributed by atoms with Crippen LogP contribution in [0.25, 0.3) is 0 Å². The van der Waals surface area contributed by atoms with Gasteiger partial charge in [-0.3, -0.25) is 4.79 Å². The Morgan fingerprint density at radius 3 is 2.67 bits per heavy atom. The van der Waals surface area contributed by atoms with Crippen molar-refractivity contribution >= 4 is 5.97 Å². The van der Waals surface area contributed by atoms with Crippen LogP contribution in [-0.4, -0.2) is 5.97 Å². The lowest BCUT2D eigenvalue weighted by atomic mass is 9.89. The number of ether oxygens (including phenoxy) is 1. The molecule has 0 N–H and O–H groups in total. The number of carbonyl (C=O) groups excluding carboxylic acids is 1. The molecule has 0 atom stereocenters. The third-order valence-corrected chi connectivity index (χ3v) is 3.12. The fourth-order valence-electron chi connectivity index (χ4n) is 2.20. The van der Waals surface area contributed by atoms with Crippen molar-refractivity contribution < 1.29 is 9.53 Å². The van der Waals surface area contributed by atoms with Gasteiger partial charge in [0, 0.05) is 0 Å². The first kappa shape index (κ1) is 10.5. The molecule has 0 saturated heterocycles. The molecule has 0 aromatic carbocycles. The topological polar surface area (TPSA) is 26.3 Å². The van der Waals surface area contributed by atoms with Gasteiger partial charge >= 0.3 is 5.97 Å². The van der Waals surface area contributed by atoms with E-state index >= 15 is 0 Å². The normalized spacial score (nSPS) is 22.3. The summed E-state index contributed by atoms with van der Waals surface area (Å²) in [4.78, 5) is 11.8. The lowest BCUT2D eigenvalue weighted by molar-refractivity contribution is -0.144. The van der Waals surface area contributed by atoms with Gasteiger partial charge in [0.15, 0.2) is 0 Å². The van der Waals surface area contributed by atoms with Gasteiger partial charge in [-0.05, 0) is 37.8 Å². The number of carbonyl (C=O) groups is 1. The minimum atomic E-state index is -0.0208. The lowest BCUT2D eigenvalue weighted by Gasteiger charge is -2.20. The molecule has 0 bridgehead atoms. The minimum Gasteiger partial charge on any atom is -0.427 e. The predicted octanol–water partition coefficient (Wildman–Crippen LogP) is 3.34. The Hall–Kier alpha value is -1.05. The van der Waals surface area contributed by atoms with Gasteiger partial charge in [0.2, 0.25) is 0 Å². The van der Waals surface area contributed by atoms with Gasteiger partial charge in [-0.25, -0.2) is 0 Å². The third kappa shape index (κ3) is 2.95. The van der Waals surface area contributed by atoms with E-state index in [-0.39, 0.29) is 11.9 Å². The van der Waals surface area contributed by atoms with Crippen LogP contribution in [-0.2, 0) is 9.53 Å². The van der Waals surface area contributed by atoms with E-state index in [2.05, 4.69) is 6.08 Å². The SMILES string of the molecule is O=C(OC1=CCCC=C1)C1CCCCC1. The highest BCUT2D eigenvalue weighted by molar-refractivity contribution is 5.74. The van der Waals surface area contributed by atoms with Crippen molar-refractivity contribution in [1.29, 1.82) is 0 Å². The van der Waals surface area contributed by atoms with E-state index in [9.17, 15) is 4.79 Å². The molecule has 15 heavy (non-hydrogen) atoms. The molecule has 0 aromatic heterocycles. The number of hydrogen-bond acceptors (Lipinski definition) is 2. The Morgan fingerprint density at radius 1 is 1.20 bits per heavy atom. The number of rotatable bonds is 2. The first-order valence-electron chi connectivity index (χ1n) is 5.94. The second-order valence-electron chi connectivity index (χ2n) is 4.34. The lowest BCUT2D eigenvalue weighted by Crippen LogP contribution is -2.20. The quantitative estimate of drug-likeness (QED) is 0.648. The molecule has 0 aliphatic heterocycles. The van der Waals surface area contributed by atoms with Crippen molar-refractivity contribution in [2.24, 2.45) is 5.92 Å². The van der Waals surface area contributed by atoms with Gasteiger partial charge in [-0.1, -0.05) is 25.3 Å². The Bertz CT molecular complexity index is 283. The Balaban J connectivity index is 1.85. The maximum atomic E-state index is 11.8. The van der Waals surface area contributed by atoms with Crippen molar-refractivity contribution in [2.75, 3.05) is 0 Å². The van der Waals surface area contributed by atoms with Crippen molar-refractivity contribution in [1.82, 2.24) is 0 Å². The van der Waals surface area contributed by atoms with Gasteiger partial charge in [-0.2, -0.15) is 0 Å². The highest BCUT2D eigenvalue weighted by Gasteiger charge is 2.23. The monoisotopic (exact) mass is 206 g/mol. The van der Waals surface area contributed by atoms with E-state index in [1.165, 1.54) is 19.3 Å². The molecular formula is C13H18O2. The second-order valence-corrected chi connectivity index (χ2v) is 4.34. The summed E-state index contributed by atoms with van der Waals surface area (Å²) in [7, 11) is 0. The van der Waals surface area contributed by atoms with Gasteiger partial charge in [-0.15, -0.1) is 0 Å². The van der Waals surface area contributed by atoms with E-state index in [1.807, 2.05) is 12.2 Å². The standard InChI is InChI=1S/C13H18O2/c14-13(11-7-3-1-4-8-11)15-12-9-5-2-6-10-12/h5,9-11H,1-4,6-8H2. The van der Waals surface area contributed by atoms with E-state index in [1.54, 1.807) is 0 Å². The number of hydrogen-bond donors (Lipinski definition) is 0. The minimum absolute atomic E-state index is 0.0208. The molecular weight excluding hydrogens is 188 g/mol. The van der Waals surface area contributed by atoms with Crippen LogP contribution >= 0.6 is 0 Å². The van der Waals surface area contributed by atoms with Crippen LogP contribution in [0.2, 0.25) is 0 Å². The van der Waals surface area contributed by atoms with Gasteiger partial charge in [0.25, 0.3) is 0 Å². The van der Waals surface area contributed by atoms with Crippen LogP contribution in [0.15, 0.2) is 24.0 Å². The van der Waals surface area contributed by atoms with E-state index in [0.29, 0.717) is 0 Å². The molecule has 2 heteroatoms. The summed E-state index contributed by atoms with van der Waals surface area (Å²) < 4.78 is 5.37. The second kappa shape index (κ2) is 5.15. The molecule has 1 fully saturated rings. The van der Waals surface area contributed by atoms with E-state index < -0.39 is 0 Å². The Morgan fingerprint density at radius 2 is 2.00 bits per heavy atom. The Kier molecular flexibility index (Phi) is 3.59. The van der Waals surface area contributed by atoms with Crippen molar-refractivity contribution in [3.05, 3.63) is 24.0 Å². The first-order valence-corrected chi connectivity index (χ1v) is 5.94. The summed E-state index contributed by atoms with van der Waals surface area (Å²) in [6, 6.07) is 0. The third-order valence-electron chi connectivity index (χ3n) is 3.12. The highest BCUT2D eigenvalue weighted by Crippen LogP contribution is 2.26. The fraction of sp³-hybridized carbons (Fsp3) is 0.615. The summed E-state index contributed by atoms with van der Waals surface area (Å²) in [5, 5.41) is 0. The molecule has 0 heterocycles. The van der Waals surface area contributed by atoms with Crippen molar-refractivity contribution in [3.63, 3.8) is 0 Å². The van der Waals surface area contributed by atoms with Crippen LogP contribution in [0, 0.1) is 5.92 Å². The molecule has 82 valence electrons. The summed E-state index contributed by atoms with van der Waals surface area (Å²) in [6.45, 7) is 0. The summed E-state index contributed by atoms with van der Waals surface area (Å²) in [5.74, 6) is 0.874. The first-order chi connectivity index (χ1) is 7.36. The fourth-order valence-corrected chi connectivity index (χ4v) is 2.20. The molecule has 2 aliphatic carbocycles. The zero-order chi connectivity index (χ0) is 10.5. The van der Waals surface area contributed by atoms with Crippen molar-refractivity contribution in [2.45, 2.75) is 44.9 Å². The molecule has 0 unspecified atom stereocenters. The highest BCUT2D eigenvalue weighted by atomic mass is 16.5. The molecule has 2 aliphatic rings. The molecule has 1 saturated carbocycles. The largest absolute Gasteiger partial charge is 0.427 e. The molecule has 2 rings (SSSR count). The van der Waals surface area contributed by atoms with Crippen molar-refractivity contribution in [3.8, 4) is 0 Å². The molecule has 0 aromatic rings. The average Bonchev–Trinajstić information content (AvgIpc) is 2.31. The van der Waals surface area contributed by atoms with Crippen LogP contribution in [0.5, 0.6) is 0 Å². The van der Waals surface area contributed by atoms with Crippen LogP contribution in [0.1, 0.15) is 44.9 Å². The predicted molar refractivity (Wildman–Crippen MR) is 59.1 cm³/mol. The maximum absolute atomic E-state index is 11.8. The van der Waals surface area contributed by atoms with E-state index in [4.69, 9.17) is 4.74 Å². The smallest absolute Gasteiger partial charge is 0.314 e. The molecule has 0 amide bonds. The molecule has 0 spiro atoms. The number of esters is 1. The zero-order valence-electron chi connectivity index (χ0n) is 9.08. The summed E-state index contributed by atoms with van der Waals surface area (Å²) in [5.41, 5.74) is 0. The van der Waals surface area contributed by atoms with E-state index in [0.717, 1.165) is 31.4 Å². The zero-order valence-corrected chi connectivity index (χ0v) is 9.08. The molecule has 0 radical (unpaired) electrons. The van der Waals surface area contributed by atoms with Gasteiger partial charge in [0.05, 0.1) is 5.92 Å². The summed E-state index contributed by atoms with van der Waals surface area (Å²) >= 11 is 0.